The number of hydrogen-bond acceptors (Lipinski definition) is 3. The van der Waals surface area contributed by atoms with Crippen molar-refractivity contribution < 1.29 is 9.90 Å². The van der Waals surface area contributed by atoms with Crippen LogP contribution in [0.15, 0.2) is 0 Å². The monoisotopic (exact) mass is 202 g/mol. The van der Waals surface area contributed by atoms with Crippen molar-refractivity contribution in [1.82, 2.24) is 4.90 Å². The molecule has 0 radical (unpaired) electrons. The molecule has 0 aliphatic rings. The molecule has 1 unspecified atom stereocenters. The number of carbonyl (C=O) groups excluding carboxylic acids is 1. The molecule has 4 nitrogen and oxygen atoms in total. The van der Waals surface area contributed by atoms with E-state index in [2.05, 4.69) is 4.90 Å². The molecule has 14 heavy (non-hydrogen) atoms. The largest absolute Gasteiger partial charge is 0.396 e. The number of amides is 1. The molecule has 0 rings (SSSR count). The van der Waals surface area contributed by atoms with E-state index in [0.29, 0.717) is 6.54 Å². The molecule has 0 heterocycles. The summed E-state index contributed by atoms with van der Waals surface area (Å²) in [4.78, 5) is 12.9. The van der Waals surface area contributed by atoms with Crippen molar-refractivity contribution in [2.45, 2.75) is 26.2 Å². The van der Waals surface area contributed by atoms with Gasteiger partial charge in [0.1, 0.15) is 0 Å². The zero-order valence-corrected chi connectivity index (χ0v) is 9.20. The Bertz CT molecular complexity index is 162. The number of unbranched alkanes of at least 4 members (excludes halogenated alkanes) is 2. The molecule has 1 amide bonds. The molecule has 0 aliphatic carbocycles. The molecule has 0 bridgehead atoms. The Hall–Kier alpha value is -0.610. The molecule has 0 spiro atoms. The van der Waals surface area contributed by atoms with Crippen LogP contribution in [0.1, 0.15) is 26.2 Å². The van der Waals surface area contributed by atoms with Crippen molar-refractivity contribution in [3.8, 4) is 0 Å². The van der Waals surface area contributed by atoms with Crippen LogP contribution in [0, 0.1) is 5.92 Å². The molecule has 0 aliphatic heterocycles. The van der Waals surface area contributed by atoms with Gasteiger partial charge in [-0.2, -0.15) is 0 Å². The first-order valence-corrected chi connectivity index (χ1v) is 5.16. The van der Waals surface area contributed by atoms with Gasteiger partial charge in [0.15, 0.2) is 0 Å². The van der Waals surface area contributed by atoms with Crippen molar-refractivity contribution >= 4 is 5.91 Å². The average Bonchev–Trinajstić information content (AvgIpc) is 2.12. The van der Waals surface area contributed by atoms with Crippen LogP contribution in [-0.2, 0) is 4.79 Å². The fourth-order valence-corrected chi connectivity index (χ4v) is 1.32. The van der Waals surface area contributed by atoms with Gasteiger partial charge in [-0.05, 0) is 32.9 Å². The van der Waals surface area contributed by atoms with Crippen LogP contribution in [0.4, 0.5) is 0 Å². The van der Waals surface area contributed by atoms with Crippen LogP contribution in [-0.4, -0.2) is 42.7 Å². The van der Waals surface area contributed by atoms with Gasteiger partial charge in [-0.25, -0.2) is 0 Å². The summed E-state index contributed by atoms with van der Waals surface area (Å²) in [7, 11) is 1.98. The maximum Gasteiger partial charge on any atom is 0.221 e. The third-order valence-electron chi connectivity index (χ3n) is 2.27. The minimum absolute atomic E-state index is 0.0853. The lowest BCUT2D eigenvalue weighted by Crippen LogP contribution is -2.32. The van der Waals surface area contributed by atoms with Gasteiger partial charge in [-0.1, -0.05) is 6.92 Å². The number of primary amides is 1. The van der Waals surface area contributed by atoms with Crippen molar-refractivity contribution in [2.24, 2.45) is 11.7 Å². The highest BCUT2D eigenvalue weighted by Gasteiger charge is 2.10. The minimum atomic E-state index is -0.243. The maximum atomic E-state index is 10.8. The number of rotatable bonds is 8. The van der Waals surface area contributed by atoms with Crippen LogP contribution >= 0.6 is 0 Å². The Morgan fingerprint density at radius 3 is 2.57 bits per heavy atom. The highest BCUT2D eigenvalue weighted by molar-refractivity contribution is 5.76. The number of nitrogens with two attached hydrogens (primary N) is 1. The van der Waals surface area contributed by atoms with E-state index in [0.717, 1.165) is 25.8 Å². The highest BCUT2D eigenvalue weighted by Crippen LogP contribution is 2.00. The molecule has 0 aromatic carbocycles. The summed E-state index contributed by atoms with van der Waals surface area (Å²) >= 11 is 0. The average molecular weight is 202 g/mol. The molecular formula is C10H22N2O2. The SMILES string of the molecule is CC(CN(C)CCCCCO)C(N)=O. The molecule has 0 saturated carbocycles. The fourth-order valence-electron chi connectivity index (χ4n) is 1.32. The first-order valence-electron chi connectivity index (χ1n) is 5.16. The standard InChI is InChI=1S/C10H22N2O2/c1-9(10(11)14)8-12(2)6-4-3-5-7-13/h9,13H,3-8H2,1-2H3,(H2,11,14). The number of aliphatic hydroxyl groups excluding tert-OH is 1. The smallest absolute Gasteiger partial charge is 0.221 e. The van der Waals surface area contributed by atoms with E-state index < -0.39 is 0 Å². The first-order chi connectivity index (χ1) is 6.57. The summed E-state index contributed by atoms with van der Waals surface area (Å²) in [5, 5.41) is 8.57. The number of carbonyl (C=O) groups is 1. The van der Waals surface area contributed by atoms with Crippen LogP contribution < -0.4 is 5.73 Å². The van der Waals surface area contributed by atoms with Gasteiger partial charge in [-0.15, -0.1) is 0 Å². The van der Waals surface area contributed by atoms with Gasteiger partial charge in [0.2, 0.25) is 5.91 Å². The number of nitrogens with zero attached hydrogens (tertiary/aromatic N) is 1. The lowest BCUT2D eigenvalue weighted by Gasteiger charge is -2.19. The van der Waals surface area contributed by atoms with E-state index in [-0.39, 0.29) is 18.4 Å². The van der Waals surface area contributed by atoms with Crippen molar-refractivity contribution in [2.75, 3.05) is 26.7 Å². The number of hydrogen-bond donors (Lipinski definition) is 2. The second-order valence-electron chi connectivity index (χ2n) is 3.85. The molecule has 4 heteroatoms. The highest BCUT2D eigenvalue weighted by atomic mass is 16.2. The third-order valence-corrected chi connectivity index (χ3v) is 2.27. The lowest BCUT2D eigenvalue weighted by molar-refractivity contribution is -0.121. The van der Waals surface area contributed by atoms with E-state index >= 15 is 0 Å². The molecule has 0 aromatic rings. The third kappa shape index (κ3) is 6.86. The molecule has 0 saturated heterocycles. The van der Waals surface area contributed by atoms with Crippen LogP contribution in [0.5, 0.6) is 0 Å². The topological polar surface area (TPSA) is 66.6 Å². The predicted molar refractivity (Wildman–Crippen MR) is 56.8 cm³/mol. The zero-order chi connectivity index (χ0) is 11.0. The summed E-state index contributed by atoms with van der Waals surface area (Å²) in [5.41, 5.74) is 5.16. The normalized spacial score (nSPS) is 13.1. The predicted octanol–water partition coefficient (Wildman–Crippen LogP) is 0.202. The van der Waals surface area contributed by atoms with Gasteiger partial charge in [0.05, 0.1) is 0 Å². The van der Waals surface area contributed by atoms with E-state index in [1.807, 2.05) is 14.0 Å². The van der Waals surface area contributed by atoms with E-state index in [4.69, 9.17) is 10.8 Å². The van der Waals surface area contributed by atoms with Crippen molar-refractivity contribution in [1.29, 1.82) is 0 Å². The Labute approximate surface area is 86.1 Å². The van der Waals surface area contributed by atoms with E-state index in [1.165, 1.54) is 0 Å². The number of aliphatic hydroxyl groups is 1. The summed E-state index contributed by atoms with van der Waals surface area (Å²) < 4.78 is 0. The van der Waals surface area contributed by atoms with Gasteiger partial charge < -0.3 is 15.7 Å². The maximum absolute atomic E-state index is 10.8. The second-order valence-corrected chi connectivity index (χ2v) is 3.85. The Balaban J connectivity index is 3.45. The minimum Gasteiger partial charge on any atom is -0.396 e. The Morgan fingerprint density at radius 2 is 2.07 bits per heavy atom. The van der Waals surface area contributed by atoms with Crippen LogP contribution in [0.3, 0.4) is 0 Å². The molecule has 84 valence electrons. The van der Waals surface area contributed by atoms with Gasteiger partial charge in [-0.3, -0.25) is 4.79 Å². The summed E-state index contributed by atoms with van der Waals surface area (Å²) in [6.45, 7) is 3.78. The molecule has 0 fully saturated rings. The lowest BCUT2D eigenvalue weighted by atomic mass is 10.1. The van der Waals surface area contributed by atoms with E-state index in [1.54, 1.807) is 0 Å². The second kappa shape index (κ2) is 7.76. The van der Waals surface area contributed by atoms with Crippen LogP contribution in [0.2, 0.25) is 0 Å². The molecule has 1 atom stereocenters. The van der Waals surface area contributed by atoms with Crippen molar-refractivity contribution in [3.05, 3.63) is 0 Å². The quantitative estimate of drug-likeness (QED) is 0.553. The van der Waals surface area contributed by atoms with Crippen LogP contribution in [0.25, 0.3) is 0 Å². The Kier molecular flexibility index (Phi) is 7.42. The first kappa shape index (κ1) is 13.4. The summed E-state index contributed by atoms with van der Waals surface area (Å²) in [5.74, 6) is -0.329. The summed E-state index contributed by atoms with van der Waals surface area (Å²) in [6.07, 6.45) is 2.95. The summed E-state index contributed by atoms with van der Waals surface area (Å²) in [6, 6.07) is 0. The van der Waals surface area contributed by atoms with E-state index in [9.17, 15) is 4.79 Å². The molecule has 0 aromatic heterocycles. The molecular weight excluding hydrogens is 180 g/mol. The van der Waals surface area contributed by atoms with Crippen molar-refractivity contribution in [3.63, 3.8) is 0 Å². The zero-order valence-electron chi connectivity index (χ0n) is 9.20. The van der Waals surface area contributed by atoms with Gasteiger partial charge >= 0.3 is 0 Å². The Morgan fingerprint density at radius 1 is 1.43 bits per heavy atom. The van der Waals surface area contributed by atoms with Gasteiger partial charge in [0.25, 0.3) is 0 Å². The molecule has 3 N–H and O–H groups in total. The fraction of sp³-hybridized carbons (Fsp3) is 0.900. The van der Waals surface area contributed by atoms with Gasteiger partial charge in [0, 0.05) is 19.1 Å².